The van der Waals surface area contributed by atoms with E-state index in [2.05, 4.69) is 30.5 Å². The van der Waals surface area contributed by atoms with Crippen LogP contribution < -0.4 is 5.32 Å². The maximum Gasteiger partial charge on any atom is 0.0753 e. The summed E-state index contributed by atoms with van der Waals surface area (Å²) >= 11 is 0. The lowest BCUT2D eigenvalue weighted by molar-refractivity contribution is 0.00535. The van der Waals surface area contributed by atoms with Gasteiger partial charge >= 0.3 is 0 Å². The summed E-state index contributed by atoms with van der Waals surface area (Å²) in [5, 5.41) is 7.57. The Morgan fingerprint density at radius 2 is 2.18 bits per heavy atom. The second kappa shape index (κ2) is 6.77. The highest BCUT2D eigenvalue weighted by molar-refractivity contribution is 5.07. The molecule has 1 rings (SSSR count). The molecule has 0 spiro atoms. The number of nitrogens with zero attached hydrogens (tertiary/aromatic N) is 2. The van der Waals surface area contributed by atoms with Crippen LogP contribution in [0.3, 0.4) is 0 Å². The molecule has 0 fully saturated rings. The van der Waals surface area contributed by atoms with Gasteiger partial charge in [0.15, 0.2) is 0 Å². The van der Waals surface area contributed by atoms with Crippen LogP contribution in [0.1, 0.15) is 26.3 Å². The first kappa shape index (κ1) is 14.2. The summed E-state index contributed by atoms with van der Waals surface area (Å²) in [7, 11) is 3.94. The van der Waals surface area contributed by atoms with Gasteiger partial charge in [0.25, 0.3) is 0 Å². The fourth-order valence-corrected chi connectivity index (χ4v) is 2.18. The summed E-state index contributed by atoms with van der Waals surface area (Å²) in [4.78, 5) is 0. The van der Waals surface area contributed by atoms with E-state index in [0.29, 0.717) is 12.0 Å². The number of rotatable bonds is 7. The Balaban J connectivity index is 2.68. The van der Waals surface area contributed by atoms with E-state index >= 15 is 0 Å². The Morgan fingerprint density at radius 3 is 2.59 bits per heavy atom. The predicted molar refractivity (Wildman–Crippen MR) is 70.0 cm³/mol. The summed E-state index contributed by atoms with van der Waals surface area (Å²) < 4.78 is 7.69. The van der Waals surface area contributed by atoms with Crippen LogP contribution in [0.5, 0.6) is 0 Å². The monoisotopic (exact) mass is 239 g/mol. The zero-order valence-corrected chi connectivity index (χ0v) is 11.6. The van der Waals surface area contributed by atoms with E-state index in [9.17, 15) is 0 Å². The van der Waals surface area contributed by atoms with Crippen LogP contribution in [0.2, 0.25) is 0 Å². The summed E-state index contributed by atoms with van der Waals surface area (Å²) in [6, 6.07) is 0.333. The fraction of sp³-hybridized carbons (Fsp3) is 0.769. The van der Waals surface area contributed by atoms with Crippen molar-refractivity contribution >= 4 is 0 Å². The molecule has 1 aromatic heterocycles. The summed E-state index contributed by atoms with van der Waals surface area (Å²) in [5.74, 6) is 0.504. The fourth-order valence-electron chi connectivity index (χ4n) is 2.18. The molecule has 1 aromatic rings. The molecule has 2 unspecified atom stereocenters. The Bertz CT molecular complexity index is 322. The highest BCUT2D eigenvalue weighted by atomic mass is 16.5. The van der Waals surface area contributed by atoms with Crippen molar-refractivity contribution in [1.29, 1.82) is 0 Å². The molecule has 0 saturated carbocycles. The van der Waals surface area contributed by atoms with Gasteiger partial charge < -0.3 is 10.1 Å². The number of ether oxygens (including phenoxy) is 1. The smallest absolute Gasteiger partial charge is 0.0753 e. The number of nitrogens with one attached hydrogen (secondary N) is 1. The molecule has 0 radical (unpaired) electrons. The number of hydrogen-bond donors (Lipinski definition) is 1. The molecule has 4 nitrogen and oxygen atoms in total. The average molecular weight is 239 g/mol. The second-order valence-corrected chi connectivity index (χ2v) is 4.79. The second-order valence-electron chi connectivity index (χ2n) is 4.79. The van der Waals surface area contributed by atoms with Gasteiger partial charge in [-0.05, 0) is 31.9 Å². The lowest BCUT2D eigenvalue weighted by Gasteiger charge is -2.29. The molecule has 0 aliphatic heterocycles. The van der Waals surface area contributed by atoms with Crippen LogP contribution in [0.15, 0.2) is 12.4 Å². The molecular formula is C13H25N3O. The van der Waals surface area contributed by atoms with E-state index < -0.39 is 0 Å². The van der Waals surface area contributed by atoms with Crippen LogP contribution >= 0.6 is 0 Å². The predicted octanol–water partition coefficient (Wildman–Crippen LogP) is 1.61. The van der Waals surface area contributed by atoms with Gasteiger partial charge in [-0.15, -0.1) is 0 Å². The average Bonchev–Trinajstić information content (AvgIpc) is 2.68. The standard InChI is InChI=1S/C13H25N3O/c1-6-17-13(10(2)3)12(14-4)7-11-8-15-16(5)9-11/h8-10,12-14H,6-7H2,1-5H3. The minimum atomic E-state index is 0.241. The van der Waals surface area contributed by atoms with Gasteiger partial charge in [0.1, 0.15) is 0 Å². The molecule has 0 aliphatic rings. The molecule has 98 valence electrons. The van der Waals surface area contributed by atoms with Crippen LogP contribution in [0.4, 0.5) is 0 Å². The molecule has 0 aromatic carbocycles. The number of aryl methyl sites for hydroxylation is 1. The molecule has 0 saturated heterocycles. The maximum absolute atomic E-state index is 5.85. The molecular weight excluding hydrogens is 214 g/mol. The van der Waals surface area contributed by atoms with E-state index in [4.69, 9.17) is 4.74 Å². The summed E-state index contributed by atoms with van der Waals surface area (Å²) in [6.07, 6.45) is 5.18. The normalized spacial score (nSPS) is 15.2. The summed E-state index contributed by atoms with van der Waals surface area (Å²) in [6.45, 7) is 7.21. The van der Waals surface area contributed by atoms with Gasteiger partial charge in [-0.25, -0.2) is 0 Å². The van der Waals surface area contributed by atoms with Gasteiger partial charge in [0.2, 0.25) is 0 Å². The van der Waals surface area contributed by atoms with Crippen molar-refractivity contribution in [3.63, 3.8) is 0 Å². The van der Waals surface area contributed by atoms with Crippen molar-refractivity contribution in [1.82, 2.24) is 15.1 Å². The van der Waals surface area contributed by atoms with Crippen molar-refractivity contribution in [2.75, 3.05) is 13.7 Å². The maximum atomic E-state index is 5.85. The van der Waals surface area contributed by atoms with Crippen molar-refractivity contribution in [2.45, 2.75) is 39.3 Å². The first-order valence-electron chi connectivity index (χ1n) is 6.34. The molecule has 1 N–H and O–H groups in total. The third-order valence-corrected chi connectivity index (χ3v) is 3.00. The van der Waals surface area contributed by atoms with Gasteiger partial charge in [0.05, 0.1) is 12.3 Å². The van der Waals surface area contributed by atoms with Crippen molar-refractivity contribution in [2.24, 2.45) is 13.0 Å². The SMILES string of the molecule is CCOC(C(C)C)C(Cc1cnn(C)c1)NC. The van der Waals surface area contributed by atoms with Crippen molar-refractivity contribution < 1.29 is 4.74 Å². The Labute approximate surface area is 104 Å². The molecule has 1 heterocycles. The topological polar surface area (TPSA) is 39.1 Å². The zero-order chi connectivity index (χ0) is 12.8. The lowest BCUT2D eigenvalue weighted by atomic mass is 9.95. The van der Waals surface area contributed by atoms with Gasteiger partial charge in [-0.3, -0.25) is 4.68 Å². The highest BCUT2D eigenvalue weighted by Gasteiger charge is 2.24. The van der Waals surface area contributed by atoms with E-state index in [1.54, 1.807) is 0 Å². The van der Waals surface area contributed by atoms with Gasteiger partial charge in [-0.2, -0.15) is 5.10 Å². The molecule has 2 atom stereocenters. The minimum absolute atomic E-state index is 0.241. The van der Waals surface area contributed by atoms with Crippen LogP contribution in [-0.4, -0.2) is 35.6 Å². The number of likely N-dealkylation sites (N-methyl/N-ethyl adjacent to an activating group) is 1. The first-order chi connectivity index (χ1) is 8.08. The van der Waals surface area contributed by atoms with E-state index in [1.165, 1.54) is 5.56 Å². The van der Waals surface area contributed by atoms with Crippen LogP contribution in [0.25, 0.3) is 0 Å². The van der Waals surface area contributed by atoms with Crippen molar-refractivity contribution in [3.05, 3.63) is 18.0 Å². The number of hydrogen-bond acceptors (Lipinski definition) is 3. The van der Waals surface area contributed by atoms with Crippen molar-refractivity contribution in [3.8, 4) is 0 Å². The minimum Gasteiger partial charge on any atom is -0.377 e. The van der Waals surface area contributed by atoms with Gasteiger partial charge in [0, 0.05) is 25.9 Å². The largest absolute Gasteiger partial charge is 0.377 e. The lowest BCUT2D eigenvalue weighted by Crippen LogP contribution is -2.44. The Kier molecular flexibility index (Phi) is 5.65. The van der Waals surface area contributed by atoms with Crippen LogP contribution in [0, 0.1) is 5.92 Å². The first-order valence-corrected chi connectivity index (χ1v) is 6.34. The highest BCUT2D eigenvalue weighted by Crippen LogP contribution is 2.15. The molecule has 0 amide bonds. The van der Waals surface area contributed by atoms with Gasteiger partial charge in [-0.1, -0.05) is 13.8 Å². The quantitative estimate of drug-likeness (QED) is 0.786. The number of aromatic nitrogens is 2. The molecule has 17 heavy (non-hydrogen) atoms. The summed E-state index contributed by atoms with van der Waals surface area (Å²) in [5.41, 5.74) is 1.25. The molecule has 0 bridgehead atoms. The molecule has 0 aliphatic carbocycles. The van der Waals surface area contributed by atoms with E-state index in [1.807, 2.05) is 31.9 Å². The third-order valence-electron chi connectivity index (χ3n) is 3.00. The Morgan fingerprint density at radius 1 is 1.47 bits per heavy atom. The Hall–Kier alpha value is -0.870. The van der Waals surface area contributed by atoms with E-state index in [-0.39, 0.29) is 6.10 Å². The third kappa shape index (κ3) is 4.13. The zero-order valence-electron chi connectivity index (χ0n) is 11.6. The van der Waals surface area contributed by atoms with E-state index in [0.717, 1.165) is 13.0 Å². The van der Waals surface area contributed by atoms with Crippen LogP contribution in [-0.2, 0) is 18.2 Å². The molecule has 4 heteroatoms.